The van der Waals surface area contributed by atoms with Crippen LogP contribution in [0.5, 0.6) is 0 Å². The fourth-order valence-corrected chi connectivity index (χ4v) is 6.20. The number of carbonyl (C=O) groups is 2. The number of carbonyl (C=O) groups excluding carboxylic acids is 2. The first-order chi connectivity index (χ1) is 25.2. The van der Waals surface area contributed by atoms with Crippen molar-refractivity contribution in [2.45, 2.75) is 84.4 Å². The van der Waals surface area contributed by atoms with Gasteiger partial charge in [-0.25, -0.2) is 14.3 Å². The first-order valence-electron chi connectivity index (χ1n) is 17.4. The van der Waals surface area contributed by atoms with Crippen LogP contribution >= 0.6 is 0 Å². The molecule has 12 nitrogen and oxygen atoms in total. The highest BCUT2D eigenvalue weighted by Crippen LogP contribution is 2.30. The zero-order valence-corrected chi connectivity index (χ0v) is 29.7. The van der Waals surface area contributed by atoms with Crippen molar-refractivity contribution in [2.75, 3.05) is 11.9 Å². The molecule has 0 unspecified atom stereocenters. The number of hydrogen-bond acceptors (Lipinski definition) is 7. The Kier molecular flexibility index (Phi) is 10.8. The van der Waals surface area contributed by atoms with Crippen molar-refractivity contribution < 1.29 is 27.5 Å². The normalized spacial score (nSPS) is 12.9. The van der Waals surface area contributed by atoms with Gasteiger partial charge in [-0.2, -0.15) is 23.4 Å². The largest absolute Gasteiger partial charge is 0.444 e. The van der Waals surface area contributed by atoms with Crippen LogP contribution in [0.15, 0.2) is 78.0 Å². The average Bonchev–Trinajstić information content (AvgIpc) is 3.72. The zero-order valence-electron chi connectivity index (χ0n) is 29.7. The van der Waals surface area contributed by atoms with Gasteiger partial charge < -0.3 is 20.3 Å². The number of nitrogens with zero attached hydrogens (tertiary/aromatic N) is 6. The molecule has 15 heteroatoms. The van der Waals surface area contributed by atoms with Gasteiger partial charge in [-0.1, -0.05) is 37.1 Å². The molecule has 0 bridgehead atoms. The number of urea groups is 1. The van der Waals surface area contributed by atoms with Crippen molar-refractivity contribution in [1.82, 2.24) is 34.8 Å². The predicted octanol–water partition coefficient (Wildman–Crippen LogP) is 7.52. The van der Waals surface area contributed by atoms with Gasteiger partial charge in [0, 0.05) is 55.2 Å². The molecule has 6 rings (SSSR count). The maximum absolute atomic E-state index is 13.7. The van der Waals surface area contributed by atoms with E-state index in [1.807, 2.05) is 37.6 Å². The molecule has 0 fully saturated rings. The van der Waals surface area contributed by atoms with Crippen molar-refractivity contribution in [3.05, 3.63) is 94.7 Å². The van der Waals surface area contributed by atoms with E-state index in [1.165, 1.54) is 6.07 Å². The van der Waals surface area contributed by atoms with Crippen LogP contribution in [-0.2, 0) is 30.9 Å². The van der Waals surface area contributed by atoms with Gasteiger partial charge in [0.25, 0.3) is 5.56 Å². The molecule has 3 aromatic heterocycles. The van der Waals surface area contributed by atoms with Crippen LogP contribution in [0.4, 0.5) is 28.4 Å². The Bertz CT molecular complexity index is 2130. The minimum atomic E-state index is -4.69. The summed E-state index contributed by atoms with van der Waals surface area (Å²) in [6, 6.07) is 14.9. The number of pyridine rings is 1. The number of alkyl carbamates (subject to hydrolysis) is 1. The van der Waals surface area contributed by atoms with Crippen molar-refractivity contribution in [2.24, 2.45) is 0 Å². The van der Waals surface area contributed by atoms with Gasteiger partial charge in [0.15, 0.2) is 0 Å². The van der Waals surface area contributed by atoms with Crippen LogP contribution in [0.25, 0.3) is 33.3 Å². The number of halogens is 3. The number of nitrogens with one attached hydrogen (secondary N) is 2. The molecule has 3 amide bonds. The molecule has 1 aliphatic heterocycles. The average molecular weight is 731 g/mol. The molecule has 0 aliphatic carbocycles. The molecular weight excluding hydrogens is 689 g/mol. The molecule has 1 aliphatic rings. The standard InChI is InChI=1S/C38H41F3N8O4/c1-37(2,3)53-36(52)43-16-6-4-5-7-18-48-33-10-8-9-29(31(33)21-44-48)30-19-32(46-49(34(30)50)24-38(39,40)41)25-11-13-28(14-12-25)45-35(51)47-22-26-15-17-42-20-27(26)23-47/h8-15,17,19-21H,4-7,16,18,22-24H2,1-3H3,(H,43,52)(H,45,51). The number of fused-ring (bicyclic) bond motifs is 2. The minimum absolute atomic E-state index is 0.0577. The number of aromatic nitrogens is 5. The number of aryl methyl sites for hydroxylation is 1. The number of unbranched alkanes of at least 4 members (excludes halogenated alkanes) is 3. The maximum atomic E-state index is 13.7. The molecule has 0 saturated heterocycles. The van der Waals surface area contributed by atoms with Crippen LogP contribution in [0.3, 0.4) is 0 Å². The van der Waals surface area contributed by atoms with Crippen LogP contribution in [0.2, 0.25) is 0 Å². The Hall–Kier alpha value is -5.73. The van der Waals surface area contributed by atoms with E-state index in [4.69, 9.17) is 4.74 Å². The van der Waals surface area contributed by atoms with Gasteiger partial charge in [-0.05, 0) is 80.6 Å². The van der Waals surface area contributed by atoms with Gasteiger partial charge in [0.2, 0.25) is 0 Å². The first kappa shape index (κ1) is 37.0. The number of rotatable bonds is 11. The lowest BCUT2D eigenvalue weighted by Crippen LogP contribution is -2.32. The summed E-state index contributed by atoms with van der Waals surface area (Å²) in [5.41, 5.74) is 2.94. The van der Waals surface area contributed by atoms with Gasteiger partial charge in [0.1, 0.15) is 12.1 Å². The van der Waals surface area contributed by atoms with Crippen molar-refractivity contribution in [3.63, 3.8) is 0 Å². The van der Waals surface area contributed by atoms with Crippen molar-refractivity contribution in [3.8, 4) is 22.4 Å². The molecule has 2 N–H and O–H groups in total. The summed E-state index contributed by atoms with van der Waals surface area (Å²) < 4.78 is 48.5. The minimum Gasteiger partial charge on any atom is -0.444 e. The molecule has 0 saturated carbocycles. The Morgan fingerprint density at radius 3 is 2.38 bits per heavy atom. The van der Waals surface area contributed by atoms with E-state index in [-0.39, 0.29) is 17.3 Å². The smallest absolute Gasteiger partial charge is 0.408 e. The molecular formula is C38H41F3N8O4. The summed E-state index contributed by atoms with van der Waals surface area (Å²) in [5, 5.41) is 14.9. The van der Waals surface area contributed by atoms with E-state index in [0.29, 0.717) is 53.1 Å². The van der Waals surface area contributed by atoms with E-state index in [9.17, 15) is 27.6 Å². The molecule has 2 aromatic carbocycles. The van der Waals surface area contributed by atoms with Crippen LogP contribution in [0, 0.1) is 0 Å². The summed E-state index contributed by atoms with van der Waals surface area (Å²) in [5.74, 6) is 0. The molecule has 4 heterocycles. The van der Waals surface area contributed by atoms with Crippen LogP contribution < -0.4 is 16.2 Å². The monoisotopic (exact) mass is 730 g/mol. The molecule has 0 radical (unpaired) electrons. The summed E-state index contributed by atoms with van der Waals surface area (Å²) >= 11 is 0. The third-order valence-electron chi connectivity index (χ3n) is 8.69. The number of ether oxygens (including phenoxy) is 1. The summed E-state index contributed by atoms with van der Waals surface area (Å²) in [4.78, 5) is 44.1. The van der Waals surface area contributed by atoms with Crippen molar-refractivity contribution >= 4 is 28.7 Å². The highest BCUT2D eigenvalue weighted by atomic mass is 19.4. The van der Waals surface area contributed by atoms with Gasteiger partial charge in [-0.3, -0.25) is 14.5 Å². The second-order valence-corrected chi connectivity index (χ2v) is 14.0. The van der Waals surface area contributed by atoms with Crippen LogP contribution in [0.1, 0.15) is 57.6 Å². The second kappa shape index (κ2) is 15.5. The highest BCUT2D eigenvalue weighted by Gasteiger charge is 2.30. The third kappa shape index (κ3) is 9.39. The quantitative estimate of drug-likeness (QED) is 0.134. The maximum Gasteiger partial charge on any atom is 0.408 e. The molecule has 278 valence electrons. The summed E-state index contributed by atoms with van der Waals surface area (Å²) in [7, 11) is 0. The lowest BCUT2D eigenvalue weighted by Gasteiger charge is -2.19. The molecule has 53 heavy (non-hydrogen) atoms. The van der Waals surface area contributed by atoms with Gasteiger partial charge in [0.05, 0.1) is 23.0 Å². The fraction of sp³-hybridized carbons (Fsp3) is 0.368. The van der Waals surface area contributed by atoms with Crippen LogP contribution in [-0.4, -0.2) is 59.9 Å². The summed E-state index contributed by atoms with van der Waals surface area (Å²) in [6.07, 6.45) is 3.30. The number of anilines is 1. The molecule has 0 spiro atoms. The Balaban J connectivity index is 1.16. The number of alkyl halides is 3. The van der Waals surface area contributed by atoms with E-state index in [1.54, 1.807) is 59.9 Å². The number of hydrogen-bond donors (Lipinski definition) is 2. The van der Waals surface area contributed by atoms with E-state index in [0.717, 1.165) is 42.3 Å². The third-order valence-corrected chi connectivity index (χ3v) is 8.69. The lowest BCUT2D eigenvalue weighted by molar-refractivity contribution is -0.143. The fourth-order valence-electron chi connectivity index (χ4n) is 6.20. The van der Waals surface area contributed by atoms with Crippen molar-refractivity contribution in [1.29, 1.82) is 0 Å². The zero-order chi connectivity index (χ0) is 37.8. The molecule has 5 aromatic rings. The highest BCUT2D eigenvalue weighted by molar-refractivity contribution is 5.95. The number of amides is 3. The topological polar surface area (TPSA) is 136 Å². The molecule has 0 atom stereocenters. The number of benzene rings is 2. The Morgan fingerprint density at radius 2 is 1.64 bits per heavy atom. The Morgan fingerprint density at radius 1 is 0.887 bits per heavy atom. The van der Waals surface area contributed by atoms with Gasteiger partial charge in [-0.15, -0.1) is 0 Å². The second-order valence-electron chi connectivity index (χ2n) is 14.0. The Labute approximate surface area is 304 Å². The summed E-state index contributed by atoms with van der Waals surface area (Å²) in [6.45, 7) is 5.87. The lowest BCUT2D eigenvalue weighted by atomic mass is 10.0. The predicted molar refractivity (Wildman–Crippen MR) is 194 cm³/mol. The SMILES string of the molecule is CC(C)(C)OC(=O)NCCCCCCn1ncc2c(-c3cc(-c4ccc(NC(=O)N5Cc6ccncc6C5)cc4)nn(CC(F)(F)F)c3=O)cccc21. The van der Waals surface area contributed by atoms with Gasteiger partial charge >= 0.3 is 18.3 Å². The first-order valence-corrected chi connectivity index (χ1v) is 17.4. The van der Waals surface area contributed by atoms with E-state index in [2.05, 4.69) is 25.8 Å². The van der Waals surface area contributed by atoms with E-state index < -0.39 is 30.0 Å². The van der Waals surface area contributed by atoms with E-state index >= 15 is 0 Å².